The molecule has 0 saturated carbocycles. The predicted molar refractivity (Wildman–Crippen MR) is 62.8 cm³/mol. The van der Waals surface area contributed by atoms with E-state index in [-0.39, 0.29) is 11.9 Å². The second-order valence-corrected chi connectivity index (χ2v) is 4.58. The average Bonchev–Trinajstić information content (AvgIpc) is 2.88. The van der Waals surface area contributed by atoms with E-state index < -0.39 is 0 Å². The van der Waals surface area contributed by atoms with Gasteiger partial charge < -0.3 is 0 Å². The standard InChI is InChI=1S/C11H16N3OS/c1-3-6-13-11(15)10(4-2)14(12-13)9-5-7-16-8-9/h5,7-8,10H,3-4,6H2,1-2H3/q+1. The molecule has 16 heavy (non-hydrogen) atoms. The Bertz CT molecular complexity index is 399. The largest absolute Gasteiger partial charge is 0.376 e. The molecule has 1 atom stereocenters. The van der Waals surface area contributed by atoms with Crippen molar-refractivity contribution < 1.29 is 9.49 Å². The van der Waals surface area contributed by atoms with Crippen molar-refractivity contribution in [1.82, 2.24) is 5.01 Å². The van der Waals surface area contributed by atoms with Crippen LogP contribution in [0.15, 0.2) is 22.0 Å². The topological polar surface area (TPSA) is 35.7 Å². The third kappa shape index (κ3) is 1.87. The lowest BCUT2D eigenvalue weighted by Crippen LogP contribution is -2.31. The highest BCUT2D eigenvalue weighted by Gasteiger charge is 2.42. The lowest BCUT2D eigenvalue weighted by molar-refractivity contribution is -0.534. The number of thiophene rings is 1. The highest BCUT2D eigenvalue weighted by Crippen LogP contribution is 2.25. The Morgan fingerprint density at radius 3 is 2.94 bits per heavy atom. The first-order valence-electron chi connectivity index (χ1n) is 5.62. The minimum absolute atomic E-state index is 0.121. The van der Waals surface area contributed by atoms with Crippen LogP contribution in [0.4, 0.5) is 5.69 Å². The number of nitrogens with zero attached hydrogens (tertiary/aromatic N) is 3. The number of amides is 1. The second-order valence-electron chi connectivity index (χ2n) is 3.80. The molecule has 0 N–H and O–H groups in total. The van der Waals surface area contributed by atoms with Gasteiger partial charge in [0.1, 0.15) is 6.54 Å². The minimum atomic E-state index is -0.124. The Morgan fingerprint density at radius 1 is 1.56 bits per heavy atom. The lowest BCUT2D eigenvalue weighted by Gasteiger charge is -2.02. The molecule has 2 rings (SSSR count). The van der Waals surface area contributed by atoms with Gasteiger partial charge in [-0.3, -0.25) is 0 Å². The van der Waals surface area contributed by atoms with Crippen molar-refractivity contribution in [3.63, 3.8) is 0 Å². The summed E-state index contributed by atoms with van der Waals surface area (Å²) >= 11 is 1.62. The van der Waals surface area contributed by atoms with E-state index in [4.69, 9.17) is 0 Å². The summed E-state index contributed by atoms with van der Waals surface area (Å²) < 4.78 is 1.84. The summed E-state index contributed by atoms with van der Waals surface area (Å²) in [6.45, 7) is 4.78. The van der Waals surface area contributed by atoms with Gasteiger partial charge in [-0.1, -0.05) is 18.9 Å². The molecule has 0 aliphatic carbocycles. The monoisotopic (exact) mass is 238 g/mol. The zero-order chi connectivity index (χ0) is 11.5. The molecule has 1 aromatic rings. The number of carbonyl (C=O) groups is 1. The highest BCUT2D eigenvalue weighted by atomic mass is 32.1. The maximum Gasteiger partial charge on any atom is 0.376 e. The zero-order valence-electron chi connectivity index (χ0n) is 9.59. The van der Waals surface area contributed by atoms with E-state index in [1.807, 2.05) is 28.4 Å². The van der Waals surface area contributed by atoms with Crippen molar-refractivity contribution in [2.24, 2.45) is 5.22 Å². The quantitative estimate of drug-likeness (QED) is 0.743. The lowest BCUT2D eigenvalue weighted by atomic mass is 10.2. The van der Waals surface area contributed by atoms with Crippen LogP contribution in [0.5, 0.6) is 0 Å². The first kappa shape index (κ1) is 11.3. The van der Waals surface area contributed by atoms with E-state index in [1.54, 1.807) is 16.3 Å². The highest BCUT2D eigenvalue weighted by molar-refractivity contribution is 7.08. The fourth-order valence-corrected chi connectivity index (χ4v) is 2.46. The van der Waals surface area contributed by atoms with Gasteiger partial charge in [0.05, 0.1) is 5.22 Å². The number of hydrogen-bond acceptors (Lipinski definition) is 3. The molecule has 2 heterocycles. The van der Waals surface area contributed by atoms with Crippen molar-refractivity contribution in [3.8, 4) is 0 Å². The first-order chi connectivity index (χ1) is 7.77. The molecule has 0 aromatic carbocycles. The smallest absolute Gasteiger partial charge is 0.240 e. The van der Waals surface area contributed by atoms with Crippen LogP contribution in [-0.4, -0.2) is 28.2 Å². The first-order valence-corrected chi connectivity index (χ1v) is 6.56. The molecule has 0 bridgehead atoms. The molecule has 1 aromatic heterocycles. The Kier molecular flexibility index (Phi) is 3.33. The Balaban J connectivity index is 2.28. The number of carbonyl (C=O) groups excluding carboxylic acids is 1. The molecular weight excluding hydrogens is 222 g/mol. The molecule has 1 unspecified atom stereocenters. The summed E-state index contributed by atoms with van der Waals surface area (Å²) in [5.41, 5.74) is 1.02. The summed E-state index contributed by atoms with van der Waals surface area (Å²) in [6, 6.07) is 1.88. The van der Waals surface area contributed by atoms with Crippen molar-refractivity contribution in [1.29, 1.82) is 0 Å². The van der Waals surface area contributed by atoms with Crippen molar-refractivity contribution in [2.75, 3.05) is 6.54 Å². The van der Waals surface area contributed by atoms with Gasteiger partial charge in [0, 0.05) is 5.38 Å². The van der Waals surface area contributed by atoms with E-state index in [2.05, 4.69) is 12.1 Å². The molecule has 0 saturated heterocycles. The van der Waals surface area contributed by atoms with E-state index >= 15 is 0 Å². The van der Waals surface area contributed by atoms with Gasteiger partial charge in [-0.25, -0.2) is 4.79 Å². The normalized spacial score (nSPS) is 20.4. The summed E-state index contributed by atoms with van der Waals surface area (Å²) in [7, 11) is 0. The summed E-state index contributed by atoms with van der Waals surface area (Å²) in [6.07, 6.45) is 1.72. The molecule has 1 aliphatic rings. The van der Waals surface area contributed by atoms with Crippen LogP contribution in [0.25, 0.3) is 0 Å². The average molecular weight is 238 g/mol. The molecule has 4 nitrogen and oxygen atoms in total. The summed E-state index contributed by atoms with van der Waals surface area (Å²) in [5, 5.41) is 9.99. The van der Waals surface area contributed by atoms with E-state index in [0.29, 0.717) is 6.54 Å². The van der Waals surface area contributed by atoms with Crippen molar-refractivity contribution >= 4 is 22.9 Å². The van der Waals surface area contributed by atoms with Crippen molar-refractivity contribution in [2.45, 2.75) is 32.7 Å². The molecule has 86 valence electrons. The van der Waals surface area contributed by atoms with Crippen LogP contribution in [0.1, 0.15) is 26.7 Å². The Hall–Kier alpha value is -1.23. The maximum absolute atomic E-state index is 12.0. The molecule has 0 spiro atoms. The third-order valence-corrected chi connectivity index (χ3v) is 3.30. The van der Waals surface area contributed by atoms with Crippen LogP contribution in [-0.2, 0) is 4.79 Å². The fourth-order valence-electron chi connectivity index (χ4n) is 1.83. The fraction of sp³-hybridized carbons (Fsp3) is 0.545. The van der Waals surface area contributed by atoms with Crippen LogP contribution in [0.2, 0.25) is 0 Å². The van der Waals surface area contributed by atoms with E-state index in [9.17, 15) is 4.79 Å². The van der Waals surface area contributed by atoms with Gasteiger partial charge >= 0.3 is 5.91 Å². The molecule has 1 amide bonds. The predicted octanol–water partition coefficient (Wildman–Crippen LogP) is 2.79. The van der Waals surface area contributed by atoms with E-state index in [0.717, 1.165) is 18.5 Å². The second kappa shape index (κ2) is 4.74. The van der Waals surface area contributed by atoms with Gasteiger partial charge in [0.25, 0.3) is 0 Å². The van der Waals surface area contributed by atoms with Gasteiger partial charge in [-0.2, -0.15) is 0 Å². The van der Waals surface area contributed by atoms with Crippen LogP contribution in [0.3, 0.4) is 0 Å². The summed E-state index contributed by atoms with van der Waals surface area (Å²) in [4.78, 5) is 12.0. The third-order valence-electron chi connectivity index (χ3n) is 2.63. The molecule has 5 heteroatoms. The number of hydrogen-bond donors (Lipinski definition) is 0. The number of rotatable bonds is 4. The summed E-state index contributed by atoms with van der Waals surface area (Å²) in [5.74, 6) is 0.121. The van der Waals surface area contributed by atoms with Crippen molar-refractivity contribution in [3.05, 3.63) is 16.8 Å². The van der Waals surface area contributed by atoms with Crippen LogP contribution >= 0.6 is 11.3 Å². The van der Waals surface area contributed by atoms with Gasteiger partial charge in [-0.05, 0) is 24.3 Å². The van der Waals surface area contributed by atoms with Gasteiger partial charge in [0.2, 0.25) is 6.04 Å². The van der Waals surface area contributed by atoms with Gasteiger partial charge in [-0.15, -0.1) is 16.0 Å². The van der Waals surface area contributed by atoms with Crippen LogP contribution in [0, 0.1) is 0 Å². The SMILES string of the molecule is CCCN1N=[N+](c2ccsc2)C(CC)C1=O. The zero-order valence-corrected chi connectivity index (χ0v) is 10.4. The molecule has 0 fully saturated rings. The molecule has 0 radical (unpaired) electrons. The van der Waals surface area contributed by atoms with Crippen LogP contribution < -0.4 is 0 Å². The molecule has 1 aliphatic heterocycles. The Morgan fingerprint density at radius 2 is 2.38 bits per heavy atom. The maximum atomic E-state index is 12.0. The van der Waals surface area contributed by atoms with E-state index in [1.165, 1.54) is 0 Å². The Labute approximate surface area is 99.2 Å². The minimum Gasteiger partial charge on any atom is -0.240 e. The molecular formula is C11H16N3OS+. The van der Waals surface area contributed by atoms with Gasteiger partial charge in [0.15, 0.2) is 5.69 Å².